The Morgan fingerprint density at radius 1 is 1.45 bits per heavy atom. The molecule has 1 nitrogen and oxygen atoms in total. The minimum Gasteiger partial charge on any atom is -0.374 e. The summed E-state index contributed by atoms with van der Waals surface area (Å²) in [5.74, 6) is 0.575. The molecule has 2 heteroatoms. The van der Waals surface area contributed by atoms with Crippen LogP contribution in [0.25, 0.3) is 0 Å². The van der Waals surface area contributed by atoms with E-state index in [4.69, 9.17) is 16.3 Å². The van der Waals surface area contributed by atoms with Crippen LogP contribution in [0, 0.1) is 0 Å². The summed E-state index contributed by atoms with van der Waals surface area (Å²) in [6.45, 7) is 4.94. The molecule has 0 saturated carbocycles. The Labute approximate surface area is 74.4 Å². The van der Waals surface area contributed by atoms with E-state index in [9.17, 15) is 0 Å². The molecule has 66 valence electrons. The maximum Gasteiger partial charge on any atom is 0.0651 e. The van der Waals surface area contributed by atoms with Gasteiger partial charge in [0.25, 0.3) is 0 Å². The van der Waals surface area contributed by atoms with Gasteiger partial charge in [-0.15, -0.1) is 11.6 Å². The molecule has 0 aliphatic carbocycles. The lowest BCUT2D eigenvalue weighted by Gasteiger charge is -2.08. The minimum absolute atomic E-state index is 0.375. The van der Waals surface area contributed by atoms with Gasteiger partial charge in [0, 0.05) is 5.88 Å². The SMILES string of the molecule is CCCC(C)OC/C=C/CCl. The van der Waals surface area contributed by atoms with Crippen molar-refractivity contribution in [1.29, 1.82) is 0 Å². The van der Waals surface area contributed by atoms with Crippen LogP contribution in [-0.4, -0.2) is 18.6 Å². The van der Waals surface area contributed by atoms with Crippen LogP contribution < -0.4 is 0 Å². The van der Waals surface area contributed by atoms with E-state index in [1.54, 1.807) is 0 Å². The van der Waals surface area contributed by atoms with Crippen molar-refractivity contribution in [2.45, 2.75) is 32.8 Å². The first-order chi connectivity index (χ1) is 5.31. The molecule has 0 aliphatic heterocycles. The summed E-state index contributed by atoms with van der Waals surface area (Å²) in [5.41, 5.74) is 0. The third kappa shape index (κ3) is 7.89. The summed E-state index contributed by atoms with van der Waals surface area (Å²) >= 11 is 5.44. The van der Waals surface area contributed by atoms with Gasteiger partial charge in [-0.2, -0.15) is 0 Å². The average molecular weight is 177 g/mol. The largest absolute Gasteiger partial charge is 0.374 e. The van der Waals surface area contributed by atoms with Gasteiger partial charge in [-0.25, -0.2) is 0 Å². The van der Waals surface area contributed by atoms with Crippen molar-refractivity contribution in [3.8, 4) is 0 Å². The van der Waals surface area contributed by atoms with Crippen molar-refractivity contribution in [3.63, 3.8) is 0 Å². The van der Waals surface area contributed by atoms with Gasteiger partial charge in [0.1, 0.15) is 0 Å². The Bertz CT molecular complexity index is 102. The predicted molar refractivity (Wildman–Crippen MR) is 50.2 cm³/mol. The first kappa shape index (κ1) is 11.0. The zero-order valence-electron chi connectivity index (χ0n) is 7.35. The first-order valence-corrected chi connectivity index (χ1v) is 4.67. The summed E-state index contributed by atoms with van der Waals surface area (Å²) in [6, 6.07) is 0. The third-order valence-electron chi connectivity index (χ3n) is 1.43. The minimum atomic E-state index is 0.375. The van der Waals surface area contributed by atoms with Crippen LogP contribution in [0.1, 0.15) is 26.7 Å². The smallest absolute Gasteiger partial charge is 0.0651 e. The lowest BCUT2D eigenvalue weighted by atomic mass is 10.2. The second kappa shape index (κ2) is 8.09. The summed E-state index contributed by atoms with van der Waals surface area (Å²) in [5, 5.41) is 0. The van der Waals surface area contributed by atoms with Gasteiger partial charge in [0.2, 0.25) is 0 Å². The van der Waals surface area contributed by atoms with Gasteiger partial charge in [-0.1, -0.05) is 25.5 Å². The average Bonchev–Trinajstić information content (AvgIpc) is 1.99. The number of halogens is 1. The normalized spacial score (nSPS) is 14.1. The molecule has 0 N–H and O–H groups in total. The summed E-state index contributed by atoms with van der Waals surface area (Å²) in [7, 11) is 0. The Kier molecular flexibility index (Phi) is 8.08. The maximum absolute atomic E-state index is 5.44. The monoisotopic (exact) mass is 176 g/mol. The molecule has 1 atom stereocenters. The molecule has 0 rings (SSSR count). The zero-order chi connectivity index (χ0) is 8.53. The highest BCUT2D eigenvalue weighted by atomic mass is 35.5. The van der Waals surface area contributed by atoms with E-state index >= 15 is 0 Å². The molecular formula is C9H17ClO. The highest BCUT2D eigenvalue weighted by molar-refractivity contribution is 6.18. The molecule has 1 unspecified atom stereocenters. The zero-order valence-corrected chi connectivity index (χ0v) is 8.10. The van der Waals surface area contributed by atoms with Crippen LogP contribution in [0.15, 0.2) is 12.2 Å². The lowest BCUT2D eigenvalue weighted by molar-refractivity contribution is 0.0813. The molecule has 0 aromatic heterocycles. The number of alkyl halides is 1. The van der Waals surface area contributed by atoms with Gasteiger partial charge in [-0.3, -0.25) is 0 Å². The Morgan fingerprint density at radius 2 is 2.18 bits per heavy atom. The Balaban J connectivity index is 3.16. The molecule has 0 fully saturated rings. The number of allylic oxidation sites excluding steroid dienone is 1. The van der Waals surface area contributed by atoms with Crippen LogP contribution in [0.3, 0.4) is 0 Å². The lowest BCUT2D eigenvalue weighted by Crippen LogP contribution is -2.07. The number of rotatable bonds is 6. The van der Waals surface area contributed by atoms with Gasteiger partial charge in [0.15, 0.2) is 0 Å². The molecule has 0 aromatic rings. The fraction of sp³-hybridized carbons (Fsp3) is 0.778. The highest BCUT2D eigenvalue weighted by Gasteiger charge is 1.96. The van der Waals surface area contributed by atoms with Gasteiger partial charge in [0.05, 0.1) is 12.7 Å². The molecule has 0 aromatic carbocycles. The molecule has 0 heterocycles. The van der Waals surface area contributed by atoms with E-state index in [1.807, 2.05) is 12.2 Å². The first-order valence-electron chi connectivity index (χ1n) is 4.13. The van der Waals surface area contributed by atoms with Crippen molar-refractivity contribution in [3.05, 3.63) is 12.2 Å². The molecule has 0 bridgehead atoms. The van der Waals surface area contributed by atoms with E-state index in [0.717, 1.165) is 6.42 Å². The van der Waals surface area contributed by atoms with E-state index in [1.165, 1.54) is 6.42 Å². The van der Waals surface area contributed by atoms with Crippen LogP contribution >= 0.6 is 11.6 Å². The molecule has 0 saturated heterocycles. The second-order valence-corrected chi connectivity index (χ2v) is 2.87. The third-order valence-corrected chi connectivity index (χ3v) is 1.61. The molecule has 0 amide bonds. The Morgan fingerprint density at radius 3 is 2.73 bits per heavy atom. The second-order valence-electron chi connectivity index (χ2n) is 2.56. The van der Waals surface area contributed by atoms with Gasteiger partial charge in [-0.05, 0) is 13.3 Å². The van der Waals surface area contributed by atoms with E-state index < -0.39 is 0 Å². The molecular weight excluding hydrogens is 160 g/mol. The number of ether oxygens (including phenoxy) is 1. The van der Waals surface area contributed by atoms with Gasteiger partial charge >= 0.3 is 0 Å². The van der Waals surface area contributed by atoms with Crippen LogP contribution in [0.2, 0.25) is 0 Å². The highest BCUT2D eigenvalue weighted by Crippen LogP contribution is 1.99. The summed E-state index contributed by atoms with van der Waals surface area (Å²) in [4.78, 5) is 0. The fourth-order valence-electron chi connectivity index (χ4n) is 0.841. The quantitative estimate of drug-likeness (QED) is 0.447. The summed E-state index contributed by atoms with van der Waals surface area (Å²) < 4.78 is 5.44. The number of hydrogen-bond donors (Lipinski definition) is 0. The van der Waals surface area contributed by atoms with Crippen LogP contribution in [0.4, 0.5) is 0 Å². The molecule has 11 heavy (non-hydrogen) atoms. The van der Waals surface area contributed by atoms with E-state index in [0.29, 0.717) is 18.6 Å². The van der Waals surface area contributed by atoms with Crippen molar-refractivity contribution < 1.29 is 4.74 Å². The van der Waals surface area contributed by atoms with Crippen LogP contribution in [-0.2, 0) is 4.74 Å². The topological polar surface area (TPSA) is 9.23 Å². The van der Waals surface area contributed by atoms with E-state index in [2.05, 4.69) is 13.8 Å². The van der Waals surface area contributed by atoms with Gasteiger partial charge < -0.3 is 4.74 Å². The maximum atomic E-state index is 5.44. The van der Waals surface area contributed by atoms with E-state index in [-0.39, 0.29) is 0 Å². The molecule has 0 radical (unpaired) electrons. The van der Waals surface area contributed by atoms with Crippen molar-refractivity contribution in [2.24, 2.45) is 0 Å². The molecule has 0 aliphatic rings. The fourth-order valence-corrected chi connectivity index (χ4v) is 0.967. The van der Waals surface area contributed by atoms with Crippen LogP contribution in [0.5, 0.6) is 0 Å². The van der Waals surface area contributed by atoms with Crippen molar-refractivity contribution in [2.75, 3.05) is 12.5 Å². The number of hydrogen-bond acceptors (Lipinski definition) is 1. The predicted octanol–water partition coefficient (Wildman–Crippen LogP) is 2.99. The Hall–Kier alpha value is -0.0100. The molecule has 0 spiro atoms. The van der Waals surface area contributed by atoms with Crippen molar-refractivity contribution >= 4 is 11.6 Å². The standard InChI is InChI=1S/C9H17ClO/c1-3-6-9(2)11-8-5-4-7-10/h4-5,9H,3,6-8H2,1-2H3/b5-4+. The van der Waals surface area contributed by atoms with Crippen molar-refractivity contribution in [1.82, 2.24) is 0 Å². The summed E-state index contributed by atoms with van der Waals surface area (Å²) in [6.07, 6.45) is 6.55.